The van der Waals surface area contributed by atoms with Gasteiger partial charge in [-0.2, -0.15) is 5.10 Å². The van der Waals surface area contributed by atoms with E-state index in [0.29, 0.717) is 31.7 Å². The highest BCUT2D eigenvalue weighted by Crippen LogP contribution is 2.28. The van der Waals surface area contributed by atoms with E-state index in [-0.39, 0.29) is 18.5 Å². The van der Waals surface area contributed by atoms with Crippen LogP contribution >= 0.6 is 0 Å². The summed E-state index contributed by atoms with van der Waals surface area (Å²) in [5.74, 6) is -1.10. The Labute approximate surface area is 145 Å². The number of carbonyl (C=O) groups excluding carboxylic acids is 1. The Bertz CT molecular complexity index is 714. The van der Waals surface area contributed by atoms with Gasteiger partial charge in [0.1, 0.15) is 30.8 Å². The second-order valence-electron chi connectivity index (χ2n) is 6.10. The molecule has 0 bridgehead atoms. The molecule has 0 unspecified atom stereocenters. The minimum atomic E-state index is -0.570. The molecule has 0 saturated carbocycles. The monoisotopic (exact) mass is 349 g/mol. The van der Waals surface area contributed by atoms with E-state index < -0.39 is 11.6 Å². The van der Waals surface area contributed by atoms with Crippen LogP contribution in [0, 0.1) is 11.6 Å². The first-order valence-electron chi connectivity index (χ1n) is 8.37. The van der Waals surface area contributed by atoms with E-state index in [1.165, 1.54) is 29.5 Å². The van der Waals surface area contributed by atoms with E-state index in [1.807, 2.05) is 6.92 Å². The number of aromatic nitrogens is 3. The second-order valence-corrected chi connectivity index (χ2v) is 6.10. The van der Waals surface area contributed by atoms with Crippen LogP contribution in [0.15, 0.2) is 30.9 Å². The zero-order chi connectivity index (χ0) is 17.8. The Morgan fingerprint density at radius 3 is 2.60 bits per heavy atom. The van der Waals surface area contributed by atoms with Crippen molar-refractivity contribution in [2.24, 2.45) is 0 Å². The summed E-state index contributed by atoms with van der Waals surface area (Å²) in [5, 5.41) is 3.94. The molecule has 0 spiro atoms. The molecule has 0 radical (unpaired) electrons. The largest absolute Gasteiger partial charge is 0.339 e. The van der Waals surface area contributed by atoms with Crippen LogP contribution in [0.2, 0.25) is 0 Å². The van der Waals surface area contributed by atoms with Crippen LogP contribution in [0.4, 0.5) is 8.78 Å². The fourth-order valence-corrected chi connectivity index (χ4v) is 3.28. The third-order valence-electron chi connectivity index (χ3n) is 4.58. The number of hydrogen-bond acceptors (Lipinski definition) is 4. The number of piperazine rings is 1. The zero-order valence-electron chi connectivity index (χ0n) is 14.1. The van der Waals surface area contributed by atoms with Crippen LogP contribution in [-0.4, -0.2) is 56.7 Å². The molecule has 25 heavy (non-hydrogen) atoms. The van der Waals surface area contributed by atoms with Crippen molar-refractivity contribution < 1.29 is 13.6 Å². The summed E-state index contributed by atoms with van der Waals surface area (Å²) in [4.78, 5) is 20.0. The molecule has 1 fully saturated rings. The molecule has 1 aromatic heterocycles. The molecule has 6 nitrogen and oxygen atoms in total. The van der Waals surface area contributed by atoms with Gasteiger partial charge >= 0.3 is 0 Å². The first kappa shape index (κ1) is 17.5. The number of amides is 1. The van der Waals surface area contributed by atoms with E-state index in [0.717, 1.165) is 12.5 Å². The van der Waals surface area contributed by atoms with Gasteiger partial charge in [0.15, 0.2) is 0 Å². The van der Waals surface area contributed by atoms with Crippen LogP contribution in [0.3, 0.4) is 0 Å². The van der Waals surface area contributed by atoms with Crippen LogP contribution in [0.25, 0.3) is 0 Å². The topological polar surface area (TPSA) is 54.3 Å². The molecule has 1 atom stereocenters. The number of benzene rings is 1. The molecule has 8 heteroatoms. The lowest BCUT2D eigenvalue weighted by Gasteiger charge is -2.39. The van der Waals surface area contributed by atoms with Crippen molar-refractivity contribution in [3.63, 3.8) is 0 Å². The maximum absolute atomic E-state index is 14.1. The standard InChI is InChI=1S/C17H21F2N5O/c1-2-16(14-4-3-13(18)9-15(14)19)22-5-7-23(8-6-22)17(25)10-24-12-20-11-21-24/h3-4,9,11-12,16H,2,5-8,10H2,1H3/t16-/m1/s1. The van der Waals surface area contributed by atoms with Gasteiger partial charge in [0.2, 0.25) is 5.91 Å². The lowest BCUT2D eigenvalue weighted by atomic mass is 10.0. The molecular weight excluding hydrogens is 328 g/mol. The molecule has 1 amide bonds. The fourth-order valence-electron chi connectivity index (χ4n) is 3.28. The molecular formula is C17H21F2N5O. The summed E-state index contributed by atoms with van der Waals surface area (Å²) in [6, 6.07) is 3.61. The van der Waals surface area contributed by atoms with Gasteiger partial charge in [-0.15, -0.1) is 0 Å². The second kappa shape index (κ2) is 7.69. The van der Waals surface area contributed by atoms with Gasteiger partial charge in [-0.25, -0.2) is 18.4 Å². The van der Waals surface area contributed by atoms with E-state index in [4.69, 9.17) is 0 Å². The average molecular weight is 349 g/mol. The average Bonchev–Trinajstić information content (AvgIpc) is 3.11. The molecule has 134 valence electrons. The third kappa shape index (κ3) is 4.01. The molecule has 0 N–H and O–H groups in total. The van der Waals surface area contributed by atoms with Crippen molar-refractivity contribution in [3.8, 4) is 0 Å². The van der Waals surface area contributed by atoms with Crippen molar-refractivity contribution in [1.82, 2.24) is 24.6 Å². The molecule has 1 saturated heterocycles. The summed E-state index contributed by atoms with van der Waals surface area (Å²) in [6.07, 6.45) is 3.63. The van der Waals surface area contributed by atoms with E-state index in [9.17, 15) is 13.6 Å². The highest BCUT2D eigenvalue weighted by molar-refractivity contribution is 5.76. The van der Waals surface area contributed by atoms with E-state index >= 15 is 0 Å². The summed E-state index contributed by atoms with van der Waals surface area (Å²) in [7, 11) is 0. The predicted molar refractivity (Wildman–Crippen MR) is 87.6 cm³/mol. The molecule has 3 rings (SSSR count). The van der Waals surface area contributed by atoms with E-state index in [1.54, 1.807) is 4.90 Å². The Morgan fingerprint density at radius 2 is 2.00 bits per heavy atom. The Kier molecular flexibility index (Phi) is 5.37. The Balaban J connectivity index is 1.61. The molecule has 2 aromatic rings. The lowest BCUT2D eigenvalue weighted by molar-refractivity contribution is -0.134. The van der Waals surface area contributed by atoms with Crippen molar-refractivity contribution in [3.05, 3.63) is 48.1 Å². The van der Waals surface area contributed by atoms with Crippen LogP contribution < -0.4 is 0 Å². The minimum Gasteiger partial charge on any atom is -0.339 e. The van der Waals surface area contributed by atoms with Crippen molar-refractivity contribution in [1.29, 1.82) is 0 Å². The summed E-state index contributed by atoms with van der Waals surface area (Å²) < 4.78 is 28.8. The summed E-state index contributed by atoms with van der Waals surface area (Å²) in [6.45, 7) is 4.61. The molecule has 1 aliphatic rings. The first-order valence-corrected chi connectivity index (χ1v) is 8.37. The maximum Gasteiger partial charge on any atom is 0.244 e. The molecule has 1 aliphatic heterocycles. The fraction of sp³-hybridized carbons (Fsp3) is 0.471. The zero-order valence-corrected chi connectivity index (χ0v) is 14.1. The molecule has 1 aromatic carbocycles. The molecule has 2 heterocycles. The number of nitrogens with zero attached hydrogens (tertiary/aromatic N) is 5. The SMILES string of the molecule is CC[C@H](c1ccc(F)cc1F)N1CCN(C(=O)Cn2cncn2)CC1. The Morgan fingerprint density at radius 1 is 1.24 bits per heavy atom. The van der Waals surface area contributed by atoms with Crippen LogP contribution in [0.1, 0.15) is 24.9 Å². The number of carbonyl (C=O) groups is 1. The minimum absolute atomic E-state index is 0.00818. The van der Waals surface area contributed by atoms with Crippen LogP contribution in [-0.2, 0) is 11.3 Å². The summed E-state index contributed by atoms with van der Waals surface area (Å²) in [5.41, 5.74) is 0.506. The first-order chi connectivity index (χ1) is 12.1. The lowest BCUT2D eigenvalue weighted by Crippen LogP contribution is -2.50. The van der Waals surface area contributed by atoms with Gasteiger partial charge in [-0.3, -0.25) is 9.69 Å². The van der Waals surface area contributed by atoms with Crippen molar-refractivity contribution in [2.75, 3.05) is 26.2 Å². The highest BCUT2D eigenvalue weighted by atomic mass is 19.1. The van der Waals surface area contributed by atoms with Crippen molar-refractivity contribution >= 4 is 5.91 Å². The van der Waals surface area contributed by atoms with Gasteiger partial charge in [-0.05, 0) is 12.5 Å². The van der Waals surface area contributed by atoms with Gasteiger partial charge in [-0.1, -0.05) is 13.0 Å². The number of rotatable bonds is 5. The van der Waals surface area contributed by atoms with Gasteiger partial charge in [0.05, 0.1) is 0 Å². The Hall–Kier alpha value is -2.35. The smallest absolute Gasteiger partial charge is 0.244 e. The third-order valence-corrected chi connectivity index (χ3v) is 4.58. The number of hydrogen-bond donors (Lipinski definition) is 0. The van der Waals surface area contributed by atoms with Gasteiger partial charge < -0.3 is 4.90 Å². The maximum atomic E-state index is 14.1. The predicted octanol–water partition coefficient (Wildman–Crippen LogP) is 1.85. The quantitative estimate of drug-likeness (QED) is 0.827. The van der Waals surface area contributed by atoms with Gasteiger partial charge in [0.25, 0.3) is 0 Å². The van der Waals surface area contributed by atoms with E-state index in [2.05, 4.69) is 15.0 Å². The van der Waals surface area contributed by atoms with Gasteiger partial charge in [0, 0.05) is 43.9 Å². The summed E-state index contributed by atoms with van der Waals surface area (Å²) >= 11 is 0. The highest BCUT2D eigenvalue weighted by Gasteiger charge is 2.27. The normalized spacial score (nSPS) is 16.8. The number of halogens is 2. The van der Waals surface area contributed by atoms with Crippen LogP contribution in [0.5, 0.6) is 0 Å². The molecule has 0 aliphatic carbocycles. The van der Waals surface area contributed by atoms with Crippen molar-refractivity contribution in [2.45, 2.75) is 25.9 Å².